The highest BCUT2D eigenvalue weighted by atomic mass is 32.2. The van der Waals surface area contributed by atoms with Crippen molar-refractivity contribution >= 4 is 16.7 Å². The third-order valence-corrected chi connectivity index (χ3v) is 3.29. The second-order valence-corrected chi connectivity index (χ2v) is 4.75. The maximum atomic E-state index is 11.6. The Morgan fingerprint density at radius 2 is 1.93 bits per heavy atom. The van der Waals surface area contributed by atoms with Crippen molar-refractivity contribution in [1.29, 1.82) is 0 Å². The standard InChI is InChI=1S/C10H14N2O2S/c11-9(10(12)13)7-15(14)6-8-4-2-1-3-5-8/h1-5,9H,6-7,11H2,(H2,12,13). The van der Waals surface area contributed by atoms with E-state index < -0.39 is 22.7 Å². The Bertz CT molecular complexity index is 354. The lowest BCUT2D eigenvalue weighted by Crippen LogP contribution is -2.40. The Morgan fingerprint density at radius 3 is 2.47 bits per heavy atom. The highest BCUT2D eigenvalue weighted by Crippen LogP contribution is 2.03. The molecule has 0 saturated heterocycles. The maximum absolute atomic E-state index is 11.6. The van der Waals surface area contributed by atoms with Crippen molar-refractivity contribution in [2.75, 3.05) is 5.75 Å². The minimum absolute atomic E-state index is 0.115. The number of amides is 1. The lowest BCUT2D eigenvalue weighted by molar-refractivity contribution is -0.118. The summed E-state index contributed by atoms with van der Waals surface area (Å²) in [5.74, 6) is -0.0945. The first kappa shape index (κ1) is 11.9. The van der Waals surface area contributed by atoms with Crippen LogP contribution in [0.3, 0.4) is 0 Å². The molecule has 1 aromatic carbocycles. The number of nitrogens with two attached hydrogens (primary N) is 2. The van der Waals surface area contributed by atoms with Crippen LogP contribution in [0.5, 0.6) is 0 Å². The van der Waals surface area contributed by atoms with Gasteiger partial charge >= 0.3 is 0 Å². The lowest BCUT2D eigenvalue weighted by Gasteiger charge is -2.06. The van der Waals surface area contributed by atoms with Gasteiger partial charge in [0.1, 0.15) is 0 Å². The lowest BCUT2D eigenvalue weighted by atomic mass is 10.2. The molecule has 0 aliphatic carbocycles. The van der Waals surface area contributed by atoms with Gasteiger partial charge in [0.05, 0.1) is 6.04 Å². The summed E-state index contributed by atoms with van der Waals surface area (Å²) >= 11 is 0. The Kier molecular flexibility index (Phi) is 4.45. The molecule has 0 radical (unpaired) electrons. The molecule has 0 spiro atoms. The van der Waals surface area contributed by atoms with Crippen molar-refractivity contribution < 1.29 is 9.00 Å². The fourth-order valence-electron chi connectivity index (χ4n) is 1.10. The molecule has 5 heteroatoms. The molecule has 0 heterocycles. The molecule has 82 valence electrons. The van der Waals surface area contributed by atoms with Crippen LogP contribution in [-0.2, 0) is 21.3 Å². The molecule has 4 nitrogen and oxygen atoms in total. The fourth-order valence-corrected chi connectivity index (χ4v) is 2.35. The van der Waals surface area contributed by atoms with Crippen LogP contribution in [-0.4, -0.2) is 21.9 Å². The van der Waals surface area contributed by atoms with Crippen molar-refractivity contribution in [2.45, 2.75) is 11.8 Å². The zero-order valence-corrected chi connectivity index (χ0v) is 9.07. The van der Waals surface area contributed by atoms with E-state index in [1.54, 1.807) is 0 Å². The molecular weight excluding hydrogens is 212 g/mol. The average molecular weight is 226 g/mol. The van der Waals surface area contributed by atoms with E-state index in [2.05, 4.69) is 0 Å². The Balaban J connectivity index is 2.47. The Labute approximate surface area is 91.1 Å². The van der Waals surface area contributed by atoms with Crippen LogP contribution in [0.25, 0.3) is 0 Å². The van der Waals surface area contributed by atoms with Gasteiger partial charge in [0, 0.05) is 22.3 Å². The van der Waals surface area contributed by atoms with Gasteiger partial charge in [0.2, 0.25) is 5.91 Å². The van der Waals surface area contributed by atoms with Gasteiger partial charge in [-0.1, -0.05) is 30.3 Å². The normalized spacial score (nSPS) is 14.5. The number of benzene rings is 1. The van der Waals surface area contributed by atoms with Gasteiger partial charge in [0.25, 0.3) is 0 Å². The van der Waals surface area contributed by atoms with E-state index in [4.69, 9.17) is 11.5 Å². The summed E-state index contributed by atoms with van der Waals surface area (Å²) in [4.78, 5) is 10.6. The zero-order valence-electron chi connectivity index (χ0n) is 8.26. The van der Waals surface area contributed by atoms with Gasteiger partial charge in [-0.05, 0) is 5.56 Å². The minimum atomic E-state index is -1.15. The van der Waals surface area contributed by atoms with Crippen molar-refractivity contribution in [3.8, 4) is 0 Å². The molecule has 1 amide bonds. The first-order valence-corrected chi connectivity index (χ1v) is 6.02. The maximum Gasteiger partial charge on any atom is 0.235 e. The SMILES string of the molecule is NC(=O)C(N)CS(=O)Cc1ccccc1. The molecule has 2 unspecified atom stereocenters. The fraction of sp³-hybridized carbons (Fsp3) is 0.300. The Morgan fingerprint density at radius 1 is 1.33 bits per heavy atom. The second-order valence-electron chi connectivity index (χ2n) is 3.25. The van der Waals surface area contributed by atoms with Gasteiger partial charge in [-0.15, -0.1) is 0 Å². The van der Waals surface area contributed by atoms with Crippen LogP contribution in [0, 0.1) is 0 Å². The summed E-state index contributed by atoms with van der Waals surface area (Å²) in [6.45, 7) is 0. The summed E-state index contributed by atoms with van der Waals surface area (Å²) in [5.41, 5.74) is 11.3. The van der Waals surface area contributed by atoms with Crippen LogP contribution in [0.4, 0.5) is 0 Å². The number of hydrogen-bond acceptors (Lipinski definition) is 3. The first-order chi connectivity index (χ1) is 7.09. The van der Waals surface area contributed by atoms with Gasteiger partial charge in [-0.3, -0.25) is 9.00 Å². The highest BCUT2D eigenvalue weighted by Gasteiger charge is 2.13. The van der Waals surface area contributed by atoms with Gasteiger partial charge < -0.3 is 11.5 Å². The summed E-state index contributed by atoms with van der Waals surface area (Å²) in [6.07, 6.45) is 0. The predicted octanol–water partition coefficient (Wildman–Crippen LogP) is -0.252. The second kappa shape index (κ2) is 5.63. The zero-order chi connectivity index (χ0) is 11.3. The van der Waals surface area contributed by atoms with E-state index in [0.717, 1.165) is 5.56 Å². The molecule has 0 aliphatic heterocycles. The van der Waals surface area contributed by atoms with Crippen molar-refractivity contribution in [3.05, 3.63) is 35.9 Å². The number of hydrogen-bond donors (Lipinski definition) is 2. The van der Waals surface area contributed by atoms with E-state index in [-0.39, 0.29) is 5.75 Å². The third-order valence-electron chi connectivity index (χ3n) is 1.90. The molecule has 0 aliphatic rings. The van der Waals surface area contributed by atoms with Crippen LogP contribution in [0.1, 0.15) is 5.56 Å². The van der Waals surface area contributed by atoms with Crippen LogP contribution in [0.2, 0.25) is 0 Å². The van der Waals surface area contributed by atoms with Gasteiger partial charge in [0.15, 0.2) is 0 Å². The monoisotopic (exact) mass is 226 g/mol. The molecule has 0 saturated carbocycles. The topological polar surface area (TPSA) is 86.2 Å². The molecule has 2 atom stereocenters. The molecule has 4 N–H and O–H groups in total. The molecule has 1 aromatic rings. The molecular formula is C10H14N2O2S. The van der Waals surface area contributed by atoms with E-state index in [1.165, 1.54) is 0 Å². The van der Waals surface area contributed by atoms with E-state index in [1.807, 2.05) is 30.3 Å². The number of carbonyl (C=O) groups excluding carboxylic acids is 1. The predicted molar refractivity (Wildman–Crippen MR) is 60.3 cm³/mol. The quantitative estimate of drug-likeness (QED) is 0.725. The van der Waals surface area contributed by atoms with E-state index in [9.17, 15) is 9.00 Å². The van der Waals surface area contributed by atoms with Crippen molar-refractivity contribution in [3.63, 3.8) is 0 Å². The van der Waals surface area contributed by atoms with Crippen LogP contribution in [0.15, 0.2) is 30.3 Å². The molecule has 0 aromatic heterocycles. The summed E-state index contributed by atoms with van der Waals surface area (Å²) in [5, 5.41) is 0. The molecule has 15 heavy (non-hydrogen) atoms. The van der Waals surface area contributed by atoms with Gasteiger partial charge in [-0.25, -0.2) is 0 Å². The summed E-state index contributed by atoms with van der Waals surface area (Å²) in [7, 11) is -1.15. The summed E-state index contributed by atoms with van der Waals surface area (Å²) in [6, 6.07) is 8.58. The number of carbonyl (C=O) groups is 1. The smallest absolute Gasteiger partial charge is 0.235 e. The van der Waals surface area contributed by atoms with Crippen molar-refractivity contribution in [1.82, 2.24) is 0 Å². The van der Waals surface area contributed by atoms with Gasteiger partial charge in [-0.2, -0.15) is 0 Å². The number of primary amides is 1. The van der Waals surface area contributed by atoms with Crippen molar-refractivity contribution in [2.24, 2.45) is 11.5 Å². The average Bonchev–Trinajstić information content (AvgIpc) is 2.18. The molecule has 0 fully saturated rings. The first-order valence-electron chi connectivity index (χ1n) is 4.53. The van der Waals surface area contributed by atoms with E-state index in [0.29, 0.717) is 5.75 Å². The number of rotatable bonds is 5. The highest BCUT2D eigenvalue weighted by molar-refractivity contribution is 7.84. The minimum Gasteiger partial charge on any atom is -0.368 e. The molecule has 1 rings (SSSR count). The van der Waals surface area contributed by atoms with Crippen LogP contribution >= 0.6 is 0 Å². The largest absolute Gasteiger partial charge is 0.368 e. The summed E-state index contributed by atoms with van der Waals surface area (Å²) < 4.78 is 11.6. The van der Waals surface area contributed by atoms with E-state index >= 15 is 0 Å². The Hall–Kier alpha value is -1.20. The third kappa shape index (κ3) is 4.22. The molecule has 0 bridgehead atoms. The van der Waals surface area contributed by atoms with Crippen LogP contribution < -0.4 is 11.5 Å².